The minimum absolute atomic E-state index is 0.0669. The second kappa shape index (κ2) is 8.19. The summed E-state index contributed by atoms with van der Waals surface area (Å²) in [6.07, 6.45) is 0.329. The molecule has 0 heterocycles. The number of anilines is 1. The first-order valence-corrected chi connectivity index (χ1v) is 6.96. The van der Waals surface area contributed by atoms with Crippen LogP contribution >= 0.6 is 0 Å². The quantitative estimate of drug-likeness (QED) is 0.797. The van der Waals surface area contributed by atoms with Gasteiger partial charge in [0.05, 0.1) is 5.56 Å². The molecule has 0 atom stereocenters. The average molecular weight is 277 g/mol. The number of rotatable bonds is 7. The molecule has 2 amide bonds. The molecule has 0 aliphatic heterocycles. The maximum atomic E-state index is 12.0. The normalized spacial score (nSPS) is 9.95. The van der Waals surface area contributed by atoms with Gasteiger partial charge in [0.2, 0.25) is 5.91 Å². The van der Waals surface area contributed by atoms with E-state index in [0.717, 1.165) is 5.69 Å². The van der Waals surface area contributed by atoms with E-state index in [1.807, 2.05) is 32.0 Å². The molecule has 110 valence electrons. The molecule has 1 aromatic carbocycles. The molecule has 1 rings (SSSR count). The van der Waals surface area contributed by atoms with Crippen molar-refractivity contribution in [2.45, 2.75) is 20.3 Å². The highest BCUT2D eigenvalue weighted by Gasteiger charge is 2.12. The SMILES string of the molecule is CCN(CC)C(=O)CCNC(=O)c1ccccc1NC. The summed E-state index contributed by atoms with van der Waals surface area (Å²) in [6.45, 7) is 5.65. The summed E-state index contributed by atoms with van der Waals surface area (Å²) < 4.78 is 0. The predicted octanol–water partition coefficient (Wildman–Crippen LogP) is 1.72. The lowest BCUT2D eigenvalue weighted by atomic mass is 10.1. The van der Waals surface area contributed by atoms with E-state index in [2.05, 4.69) is 10.6 Å². The Bertz CT molecular complexity index is 456. The molecule has 0 aromatic heterocycles. The number of hydrogen-bond donors (Lipinski definition) is 2. The van der Waals surface area contributed by atoms with Crippen LogP contribution in [0.5, 0.6) is 0 Å². The third-order valence-corrected chi connectivity index (χ3v) is 3.18. The van der Waals surface area contributed by atoms with Gasteiger partial charge in [0.25, 0.3) is 5.91 Å². The van der Waals surface area contributed by atoms with Crippen LogP contribution in [0.2, 0.25) is 0 Å². The molecule has 0 spiro atoms. The number of carbonyl (C=O) groups excluding carboxylic acids is 2. The summed E-state index contributed by atoms with van der Waals surface area (Å²) in [5.74, 6) is -0.0977. The van der Waals surface area contributed by atoms with Crippen molar-refractivity contribution in [3.63, 3.8) is 0 Å². The van der Waals surface area contributed by atoms with Crippen LogP contribution in [-0.2, 0) is 4.79 Å². The zero-order valence-corrected chi connectivity index (χ0v) is 12.4. The molecule has 0 bridgehead atoms. The molecule has 0 saturated heterocycles. The molecular weight excluding hydrogens is 254 g/mol. The zero-order chi connectivity index (χ0) is 15.0. The van der Waals surface area contributed by atoms with Crippen molar-refractivity contribution in [2.24, 2.45) is 0 Å². The Balaban J connectivity index is 2.50. The summed E-state index contributed by atoms with van der Waals surface area (Å²) >= 11 is 0. The second-order valence-electron chi connectivity index (χ2n) is 4.37. The minimum Gasteiger partial charge on any atom is -0.387 e. The number of nitrogens with one attached hydrogen (secondary N) is 2. The molecule has 1 aromatic rings. The van der Waals surface area contributed by atoms with E-state index >= 15 is 0 Å². The summed E-state index contributed by atoms with van der Waals surface area (Å²) in [5, 5.41) is 5.76. The van der Waals surface area contributed by atoms with Gasteiger partial charge >= 0.3 is 0 Å². The molecule has 0 aliphatic rings. The highest BCUT2D eigenvalue weighted by molar-refractivity contribution is 5.99. The molecule has 0 aliphatic carbocycles. The lowest BCUT2D eigenvalue weighted by Gasteiger charge is -2.18. The highest BCUT2D eigenvalue weighted by Crippen LogP contribution is 2.13. The molecule has 0 fully saturated rings. The third kappa shape index (κ3) is 4.26. The summed E-state index contributed by atoms with van der Waals surface area (Å²) in [4.78, 5) is 25.6. The first-order valence-electron chi connectivity index (χ1n) is 6.96. The van der Waals surface area contributed by atoms with E-state index in [0.29, 0.717) is 31.6 Å². The lowest BCUT2D eigenvalue weighted by molar-refractivity contribution is -0.130. The molecule has 2 N–H and O–H groups in total. The van der Waals surface area contributed by atoms with E-state index in [-0.39, 0.29) is 11.8 Å². The van der Waals surface area contributed by atoms with Gasteiger partial charge in [-0.05, 0) is 26.0 Å². The van der Waals surface area contributed by atoms with Gasteiger partial charge in [0, 0.05) is 38.8 Å². The van der Waals surface area contributed by atoms with E-state index in [4.69, 9.17) is 0 Å². The predicted molar refractivity (Wildman–Crippen MR) is 80.9 cm³/mol. The van der Waals surface area contributed by atoms with Crippen molar-refractivity contribution >= 4 is 17.5 Å². The average Bonchev–Trinajstić information content (AvgIpc) is 2.48. The monoisotopic (exact) mass is 277 g/mol. The van der Waals surface area contributed by atoms with Crippen molar-refractivity contribution in [1.82, 2.24) is 10.2 Å². The second-order valence-corrected chi connectivity index (χ2v) is 4.37. The standard InChI is InChI=1S/C15H23N3O2/c1-4-18(5-2)14(19)10-11-17-15(20)12-8-6-7-9-13(12)16-3/h6-9,16H,4-5,10-11H2,1-3H3,(H,17,20). The molecule has 20 heavy (non-hydrogen) atoms. The van der Waals surface area contributed by atoms with E-state index in [9.17, 15) is 9.59 Å². The summed E-state index contributed by atoms with van der Waals surface area (Å²) in [7, 11) is 1.77. The molecule has 5 heteroatoms. The van der Waals surface area contributed by atoms with Crippen LogP contribution in [0.3, 0.4) is 0 Å². The van der Waals surface area contributed by atoms with Crippen molar-refractivity contribution in [3.05, 3.63) is 29.8 Å². The number of carbonyl (C=O) groups is 2. The van der Waals surface area contributed by atoms with Crippen LogP contribution in [0.25, 0.3) is 0 Å². The van der Waals surface area contributed by atoms with Crippen molar-refractivity contribution in [1.29, 1.82) is 0 Å². The maximum absolute atomic E-state index is 12.0. The lowest BCUT2D eigenvalue weighted by Crippen LogP contribution is -2.34. The summed E-state index contributed by atoms with van der Waals surface area (Å²) in [6, 6.07) is 7.28. The van der Waals surface area contributed by atoms with Gasteiger partial charge in [-0.2, -0.15) is 0 Å². The number of para-hydroxylation sites is 1. The fourth-order valence-corrected chi connectivity index (χ4v) is 2.01. The molecule has 0 saturated carbocycles. The van der Waals surface area contributed by atoms with Crippen molar-refractivity contribution in [3.8, 4) is 0 Å². The van der Waals surface area contributed by atoms with Gasteiger partial charge in [-0.3, -0.25) is 9.59 Å². The third-order valence-electron chi connectivity index (χ3n) is 3.18. The Kier molecular flexibility index (Phi) is 6.56. The van der Waals surface area contributed by atoms with Gasteiger partial charge < -0.3 is 15.5 Å². The summed E-state index contributed by atoms with van der Waals surface area (Å²) in [5.41, 5.74) is 1.37. The van der Waals surface area contributed by atoms with E-state index in [1.165, 1.54) is 0 Å². The Morgan fingerprint density at radius 3 is 2.40 bits per heavy atom. The fraction of sp³-hybridized carbons (Fsp3) is 0.467. The first-order chi connectivity index (χ1) is 9.63. The van der Waals surface area contributed by atoms with E-state index in [1.54, 1.807) is 18.0 Å². The molecule has 0 unspecified atom stereocenters. The van der Waals surface area contributed by atoms with Gasteiger partial charge in [0.15, 0.2) is 0 Å². The number of benzene rings is 1. The number of hydrogen-bond acceptors (Lipinski definition) is 3. The first kappa shape index (κ1) is 16.0. The topological polar surface area (TPSA) is 61.4 Å². The van der Waals surface area contributed by atoms with Crippen LogP contribution in [0.1, 0.15) is 30.6 Å². The maximum Gasteiger partial charge on any atom is 0.253 e. The Morgan fingerprint density at radius 2 is 1.80 bits per heavy atom. The van der Waals surface area contributed by atoms with Crippen LogP contribution in [0.4, 0.5) is 5.69 Å². The Hall–Kier alpha value is -2.04. The fourth-order valence-electron chi connectivity index (χ4n) is 2.01. The van der Waals surface area contributed by atoms with Crippen LogP contribution < -0.4 is 10.6 Å². The van der Waals surface area contributed by atoms with Gasteiger partial charge in [-0.1, -0.05) is 12.1 Å². The van der Waals surface area contributed by atoms with Crippen LogP contribution in [0.15, 0.2) is 24.3 Å². The smallest absolute Gasteiger partial charge is 0.253 e. The van der Waals surface area contributed by atoms with Gasteiger partial charge in [-0.25, -0.2) is 0 Å². The van der Waals surface area contributed by atoms with Crippen molar-refractivity contribution in [2.75, 3.05) is 32.0 Å². The zero-order valence-electron chi connectivity index (χ0n) is 12.4. The number of amides is 2. The Morgan fingerprint density at radius 1 is 1.15 bits per heavy atom. The Labute approximate surface area is 120 Å². The van der Waals surface area contributed by atoms with Gasteiger partial charge in [0.1, 0.15) is 0 Å². The highest BCUT2D eigenvalue weighted by atomic mass is 16.2. The number of nitrogens with zero attached hydrogens (tertiary/aromatic N) is 1. The molecule has 5 nitrogen and oxygen atoms in total. The van der Waals surface area contributed by atoms with Gasteiger partial charge in [-0.15, -0.1) is 0 Å². The van der Waals surface area contributed by atoms with E-state index < -0.39 is 0 Å². The van der Waals surface area contributed by atoms with Crippen LogP contribution in [0, 0.1) is 0 Å². The minimum atomic E-state index is -0.165. The molecule has 0 radical (unpaired) electrons. The van der Waals surface area contributed by atoms with Crippen LogP contribution in [-0.4, -0.2) is 43.4 Å². The van der Waals surface area contributed by atoms with Crippen molar-refractivity contribution < 1.29 is 9.59 Å². The molecular formula is C15H23N3O2. The largest absolute Gasteiger partial charge is 0.387 e.